The highest BCUT2D eigenvalue weighted by Crippen LogP contribution is 2.18. The zero-order valence-electron chi connectivity index (χ0n) is 9.60. The predicted molar refractivity (Wildman–Crippen MR) is 62.4 cm³/mol. The van der Waals surface area contributed by atoms with Gasteiger partial charge in [-0.05, 0) is 17.7 Å². The predicted octanol–water partition coefficient (Wildman–Crippen LogP) is 2.21. The third-order valence-corrected chi connectivity index (χ3v) is 2.55. The summed E-state index contributed by atoms with van der Waals surface area (Å²) in [6, 6.07) is 3.59. The molecule has 96 valence electrons. The third-order valence-electron chi connectivity index (χ3n) is 2.55. The zero-order valence-corrected chi connectivity index (χ0v) is 9.60. The van der Waals surface area contributed by atoms with Crippen LogP contribution in [0.3, 0.4) is 0 Å². The van der Waals surface area contributed by atoms with Gasteiger partial charge < -0.3 is 9.72 Å². The molecule has 3 aromatic rings. The van der Waals surface area contributed by atoms with E-state index in [9.17, 15) is 8.78 Å². The standard InChI is InChI=1S/C12H8F2N4O/c13-8-2-1-7(3-9(8)14)4-19-12-10-11(16-5-15-10)17-6-18-12/h1-3,5-6H,4H2,(H,15,16,17,18). The first-order valence-corrected chi connectivity index (χ1v) is 5.45. The number of H-pyrrole nitrogens is 1. The number of nitrogens with one attached hydrogen (secondary N) is 1. The first kappa shape index (κ1) is 11.5. The molecule has 0 saturated heterocycles. The number of fused-ring (bicyclic) bond motifs is 1. The summed E-state index contributed by atoms with van der Waals surface area (Å²) < 4.78 is 31.3. The lowest BCUT2D eigenvalue weighted by Crippen LogP contribution is -1.99. The van der Waals surface area contributed by atoms with Crippen molar-refractivity contribution in [3.8, 4) is 5.88 Å². The Morgan fingerprint density at radius 2 is 2.00 bits per heavy atom. The van der Waals surface area contributed by atoms with E-state index in [4.69, 9.17) is 4.74 Å². The van der Waals surface area contributed by atoms with E-state index in [2.05, 4.69) is 19.9 Å². The molecule has 0 unspecified atom stereocenters. The van der Waals surface area contributed by atoms with Crippen molar-refractivity contribution in [2.45, 2.75) is 6.61 Å². The molecule has 5 nitrogen and oxygen atoms in total. The molecule has 2 aromatic heterocycles. The Morgan fingerprint density at radius 3 is 2.84 bits per heavy atom. The number of ether oxygens (including phenoxy) is 1. The second-order valence-electron chi connectivity index (χ2n) is 3.82. The summed E-state index contributed by atoms with van der Waals surface area (Å²) in [5.41, 5.74) is 1.55. The molecule has 7 heteroatoms. The maximum atomic E-state index is 13.0. The Morgan fingerprint density at radius 1 is 1.11 bits per heavy atom. The molecular weight excluding hydrogens is 254 g/mol. The number of hydrogen-bond donors (Lipinski definition) is 1. The van der Waals surface area contributed by atoms with Crippen LogP contribution in [0, 0.1) is 11.6 Å². The largest absolute Gasteiger partial charge is 0.471 e. The normalized spacial score (nSPS) is 10.8. The highest BCUT2D eigenvalue weighted by Gasteiger charge is 2.08. The van der Waals surface area contributed by atoms with Crippen molar-refractivity contribution in [1.29, 1.82) is 0 Å². The fourth-order valence-electron chi connectivity index (χ4n) is 1.63. The number of benzene rings is 1. The van der Waals surface area contributed by atoms with Crippen molar-refractivity contribution in [3.05, 3.63) is 48.1 Å². The maximum absolute atomic E-state index is 13.0. The number of nitrogens with zero attached hydrogens (tertiary/aromatic N) is 3. The maximum Gasteiger partial charge on any atom is 0.243 e. The average molecular weight is 262 g/mol. The fraction of sp³-hybridized carbons (Fsp3) is 0.0833. The molecule has 1 aromatic carbocycles. The van der Waals surface area contributed by atoms with Crippen LogP contribution in [0.5, 0.6) is 5.88 Å². The van der Waals surface area contributed by atoms with E-state index in [1.54, 1.807) is 0 Å². The topological polar surface area (TPSA) is 63.7 Å². The van der Waals surface area contributed by atoms with Gasteiger partial charge in [0.15, 0.2) is 17.3 Å². The smallest absolute Gasteiger partial charge is 0.243 e. The Kier molecular flexibility index (Phi) is 2.79. The number of aromatic nitrogens is 4. The van der Waals surface area contributed by atoms with Crippen LogP contribution >= 0.6 is 0 Å². The van der Waals surface area contributed by atoms with Gasteiger partial charge in [0.05, 0.1) is 6.33 Å². The molecule has 0 saturated carbocycles. The van der Waals surface area contributed by atoms with E-state index < -0.39 is 11.6 Å². The van der Waals surface area contributed by atoms with Gasteiger partial charge in [0.2, 0.25) is 5.88 Å². The molecule has 0 aliphatic rings. The molecule has 0 bridgehead atoms. The lowest BCUT2D eigenvalue weighted by molar-refractivity contribution is 0.296. The second kappa shape index (κ2) is 4.60. The van der Waals surface area contributed by atoms with E-state index in [1.807, 2.05) is 0 Å². The van der Waals surface area contributed by atoms with Crippen LogP contribution in [0.25, 0.3) is 11.2 Å². The first-order valence-electron chi connectivity index (χ1n) is 5.45. The van der Waals surface area contributed by atoms with Gasteiger partial charge in [0.25, 0.3) is 0 Å². The van der Waals surface area contributed by atoms with Crippen LogP contribution < -0.4 is 4.74 Å². The van der Waals surface area contributed by atoms with E-state index in [0.717, 1.165) is 12.1 Å². The lowest BCUT2D eigenvalue weighted by atomic mass is 10.2. The first-order chi connectivity index (χ1) is 9.24. The van der Waals surface area contributed by atoms with Crippen LogP contribution in [-0.2, 0) is 6.61 Å². The van der Waals surface area contributed by atoms with Crippen molar-refractivity contribution >= 4 is 11.2 Å². The van der Waals surface area contributed by atoms with Crippen molar-refractivity contribution in [1.82, 2.24) is 19.9 Å². The molecule has 19 heavy (non-hydrogen) atoms. The molecular formula is C12H8F2N4O. The van der Waals surface area contributed by atoms with Crippen LogP contribution in [-0.4, -0.2) is 19.9 Å². The van der Waals surface area contributed by atoms with E-state index in [0.29, 0.717) is 22.6 Å². The van der Waals surface area contributed by atoms with Gasteiger partial charge in [-0.3, -0.25) is 0 Å². The van der Waals surface area contributed by atoms with Gasteiger partial charge >= 0.3 is 0 Å². The Balaban J connectivity index is 1.82. The highest BCUT2D eigenvalue weighted by molar-refractivity contribution is 5.74. The second-order valence-corrected chi connectivity index (χ2v) is 3.82. The summed E-state index contributed by atoms with van der Waals surface area (Å²) in [7, 11) is 0. The molecule has 2 heterocycles. The van der Waals surface area contributed by atoms with Crippen LogP contribution in [0.15, 0.2) is 30.9 Å². The van der Waals surface area contributed by atoms with Crippen molar-refractivity contribution in [2.24, 2.45) is 0 Å². The number of halogens is 2. The highest BCUT2D eigenvalue weighted by atomic mass is 19.2. The van der Waals surface area contributed by atoms with Gasteiger partial charge in [0, 0.05) is 0 Å². The monoisotopic (exact) mass is 262 g/mol. The molecule has 3 rings (SSSR count). The summed E-state index contributed by atoms with van der Waals surface area (Å²) in [4.78, 5) is 14.7. The van der Waals surface area contributed by atoms with Gasteiger partial charge in [-0.15, -0.1) is 0 Å². The van der Waals surface area contributed by atoms with Crippen molar-refractivity contribution < 1.29 is 13.5 Å². The van der Waals surface area contributed by atoms with Crippen LogP contribution in [0.1, 0.15) is 5.56 Å². The number of imidazole rings is 1. The molecule has 0 spiro atoms. The van der Waals surface area contributed by atoms with Crippen LogP contribution in [0.4, 0.5) is 8.78 Å². The minimum atomic E-state index is -0.907. The Bertz CT molecular complexity index is 729. The SMILES string of the molecule is Fc1ccc(COc2ncnc3nc[nH]c23)cc1F. The molecule has 0 atom stereocenters. The number of aromatic amines is 1. The van der Waals surface area contributed by atoms with E-state index in [1.165, 1.54) is 18.7 Å². The Labute approximate surface area is 106 Å². The molecule has 0 aliphatic heterocycles. The molecule has 0 amide bonds. The van der Waals surface area contributed by atoms with Crippen molar-refractivity contribution in [2.75, 3.05) is 0 Å². The minimum absolute atomic E-state index is 0.0718. The van der Waals surface area contributed by atoms with Crippen LogP contribution in [0.2, 0.25) is 0 Å². The summed E-state index contributed by atoms with van der Waals surface area (Å²) in [6.07, 6.45) is 2.80. The quantitative estimate of drug-likeness (QED) is 0.786. The van der Waals surface area contributed by atoms with Gasteiger partial charge in [-0.2, -0.15) is 4.98 Å². The third kappa shape index (κ3) is 2.22. The summed E-state index contributed by atoms with van der Waals surface area (Å²) in [6.45, 7) is 0.0718. The number of rotatable bonds is 3. The summed E-state index contributed by atoms with van der Waals surface area (Å²) >= 11 is 0. The van der Waals surface area contributed by atoms with Gasteiger partial charge in [-0.1, -0.05) is 6.07 Å². The van der Waals surface area contributed by atoms with Gasteiger partial charge in [-0.25, -0.2) is 18.7 Å². The Hall–Kier alpha value is -2.57. The lowest BCUT2D eigenvalue weighted by Gasteiger charge is -2.05. The summed E-state index contributed by atoms with van der Waals surface area (Å²) in [5.74, 6) is -1.48. The van der Waals surface area contributed by atoms with Gasteiger partial charge in [0.1, 0.15) is 18.5 Å². The molecule has 0 fully saturated rings. The molecule has 0 aliphatic carbocycles. The van der Waals surface area contributed by atoms with Crippen molar-refractivity contribution in [3.63, 3.8) is 0 Å². The molecule has 1 N–H and O–H groups in total. The average Bonchev–Trinajstić information content (AvgIpc) is 2.89. The van der Waals surface area contributed by atoms with E-state index >= 15 is 0 Å². The number of hydrogen-bond acceptors (Lipinski definition) is 4. The minimum Gasteiger partial charge on any atom is -0.471 e. The fourth-order valence-corrected chi connectivity index (χ4v) is 1.63. The van der Waals surface area contributed by atoms with E-state index in [-0.39, 0.29) is 6.61 Å². The zero-order chi connectivity index (χ0) is 13.2. The molecule has 0 radical (unpaired) electrons. The summed E-state index contributed by atoms with van der Waals surface area (Å²) in [5, 5.41) is 0.